The SMILES string of the molecule is N#Cc1ccc(-c2nc(-c3ccccc3)cc(-c3ccccc3)n2)cc1-n1c2ccccc2c2cc(-c3cc4c5c(c3)N(c3ccc(-c6ccccc6)cc3)c3ccc(-c6ccccc6)cc3B5c3cc(-c5ccccc5)ccc3N4c3ccc(-c4ccccc4)cc3)ccc21. The monoisotopic (exact) mass is 1220 g/mol. The first-order valence-corrected chi connectivity index (χ1v) is 32.6. The van der Waals surface area contributed by atoms with Crippen molar-refractivity contribution in [2.45, 2.75) is 0 Å². The zero-order valence-electron chi connectivity index (χ0n) is 52.2. The normalized spacial score (nSPS) is 12.1. The van der Waals surface area contributed by atoms with Crippen molar-refractivity contribution < 1.29 is 0 Å². The quantitative estimate of drug-likeness (QED) is 0.121. The standard InChI is InChI=1S/C89H57BN6/c91-58-71-36-35-70(89-92-79(65-29-15-5-16-30-65)57-80(93-89)66-31-17-6-18-32-66)54-85(71)96-81-34-20-19-33-75(81)76-51-67(41-48-82(76)96)72-55-86-88-87(56-72)95(74-46-39-64(40-47-74)60-23-9-2-10-24-60)84-50-43-69(62-27-13-4-14-28-62)53-78(84)90(88)77-52-68(61-25-11-3-12-26-61)42-49-83(77)94(86)73-44-37-63(38-45-73)59-21-7-1-8-22-59/h1-57H. The van der Waals surface area contributed by atoms with Gasteiger partial charge in [0.2, 0.25) is 0 Å². The number of hydrogen-bond acceptors (Lipinski definition) is 5. The van der Waals surface area contributed by atoms with Crippen molar-refractivity contribution in [3.05, 3.63) is 351 Å². The van der Waals surface area contributed by atoms with Crippen LogP contribution >= 0.6 is 0 Å². The smallest absolute Gasteiger partial charge is 0.252 e. The van der Waals surface area contributed by atoms with Gasteiger partial charge in [-0.15, -0.1) is 0 Å². The summed E-state index contributed by atoms with van der Waals surface area (Å²) >= 11 is 0. The molecule has 0 amide bonds. The third kappa shape index (κ3) is 9.66. The lowest BCUT2D eigenvalue weighted by Crippen LogP contribution is -2.61. The summed E-state index contributed by atoms with van der Waals surface area (Å²) in [5.41, 5.74) is 29.4. The molecule has 0 unspecified atom stereocenters. The lowest BCUT2D eigenvalue weighted by molar-refractivity contribution is 1.15. The number of para-hydroxylation sites is 1. The van der Waals surface area contributed by atoms with Crippen LogP contribution in [0.3, 0.4) is 0 Å². The van der Waals surface area contributed by atoms with Gasteiger partial charge in [0, 0.05) is 61.6 Å². The molecule has 0 spiro atoms. The molecular formula is C89H57BN6. The highest BCUT2D eigenvalue weighted by Crippen LogP contribution is 2.49. The molecule has 0 saturated carbocycles. The Kier molecular flexibility index (Phi) is 13.6. The Labute approximate surface area is 557 Å². The molecule has 96 heavy (non-hydrogen) atoms. The van der Waals surface area contributed by atoms with E-state index in [-0.39, 0.29) is 6.71 Å². The van der Waals surface area contributed by atoms with E-state index in [9.17, 15) is 5.26 Å². The average molecular weight is 1220 g/mol. The third-order valence-corrected chi connectivity index (χ3v) is 19.2. The van der Waals surface area contributed by atoms with Crippen LogP contribution in [0.15, 0.2) is 346 Å². The number of fused-ring (bicyclic) bond motifs is 7. The Hall–Kier alpha value is -12.9. The van der Waals surface area contributed by atoms with Gasteiger partial charge in [-0.3, -0.25) is 0 Å². The molecule has 0 saturated heterocycles. The van der Waals surface area contributed by atoms with Crippen LogP contribution in [0.2, 0.25) is 0 Å². The number of aromatic nitrogens is 3. The molecule has 0 aliphatic carbocycles. The molecule has 2 aliphatic heterocycles. The van der Waals surface area contributed by atoms with E-state index in [4.69, 9.17) is 9.97 Å². The lowest BCUT2D eigenvalue weighted by Gasteiger charge is -2.44. The maximum Gasteiger partial charge on any atom is 0.252 e. The van der Waals surface area contributed by atoms with Gasteiger partial charge in [-0.1, -0.05) is 255 Å². The molecule has 16 aromatic rings. The summed E-state index contributed by atoms with van der Waals surface area (Å²) < 4.78 is 2.25. The molecule has 0 atom stereocenters. The van der Waals surface area contributed by atoms with Crippen molar-refractivity contribution in [1.82, 2.24) is 14.5 Å². The van der Waals surface area contributed by atoms with Gasteiger partial charge in [-0.25, -0.2) is 9.97 Å². The molecule has 0 N–H and O–H groups in total. The Morgan fingerprint density at radius 2 is 0.646 bits per heavy atom. The van der Waals surface area contributed by atoms with E-state index < -0.39 is 0 Å². The maximum absolute atomic E-state index is 11.1. The molecule has 2 aromatic heterocycles. The van der Waals surface area contributed by atoms with Crippen molar-refractivity contribution >= 4 is 79.0 Å². The zero-order valence-corrected chi connectivity index (χ0v) is 52.2. The zero-order chi connectivity index (χ0) is 63.6. The van der Waals surface area contributed by atoms with Gasteiger partial charge >= 0.3 is 0 Å². The van der Waals surface area contributed by atoms with Gasteiger partial charge in [0.25, 0.3) is 6.71 Å². The Morgan fingerprint density at radius 3 is 1.12 bits per heavy atom. The Morgan fingerprint density at radius 1 is 0.271 bits per heavy atom. The van der Waals surface area contributed by atoms with Crippen LogP contribution < -0.4 is 26.2 Å². The minimum Gasteiger partial charge on any atom is -0.311 e. The topological polar surface area (TPSA) is 61.0 Å². The van der Waals surface area contributed by atoms with Crippen molar-refractivity contribution in [1.29, 1.82) is 5.26 Å². The molecule has 2 aliphatic rings. The van der Waals surface area contributed by atoms with Crippen LogP contribution in [0, 0.1) is 11.3 Å². The van der Waals surface area contributed by atoms with Crippen molar-refractivity contribution in [3.63, 3.8) is 0 Å². The van der Waals surface area contributed by atoms with E-state index in [1.54, 1.807) is 0 Å². The summed E-state index contributed by atoms with van der Waals surface area (Å²) in [6.45, 7) is -0.164. The summed E-state index contributed by atoms with van der Waals surface area (Å²) in [6.07, 6.45) is 0. The minimum atomic E-state index is -0.164. The Bertz CT molecular complexity index is 5440. The number of hydrogen-bond donors (Lipinski definition) is 0. The molecule has 0 bridgehead atoms. The van der Waals surface area contributed by atoms with Crippen molar-refractivity contribution in [2.75, 3.05) is 9.80 Å². The van der Waals surface area contributed by atoms with E-state index >= 15 is 0 Å². The molecular weight excluding hydrogens is 1160 g/mol. The van der Waals surface area contributed by atoms with E-state index in [1.165, 1.54) is 49.8 Å². The van der Waals surface area contributed by atoms with Crippen LogP contribution in [0.1, 0.15) is 5.56 Å². The van der Waals surface area contributed by atoms with Gasteiger partial charge in [-0.2, -0.15) is 5.26 Å². The summed E-state index contributed by atoms with van der Waals surface area (Å²) in [6, 6.07) is 127. The number of rotatable bonds is 11. The first kappa shape index (κ1) is 55.9. The fourth-order valence-electron chi connectivity index (χ4n) is 14.7. The second kappa shape index (κ2) is 23.3. The number of nitrogens with zero attached hydrogens (tertiary/aromatic N) is 6. The molecule has 446 valence electrons. The molecule has 14 aromatic carbocycles. The molecule has 0 radical (unpaired) electrons. The summed E-state index contributed by atoms with van der Waals surface area (Å²) in [7, 11) is 0. The highest BCUT2D eigenvalue weighted by Gasteiger charge is 2.44. The maximum atomic E-state index is 11.1. The first-order valence-electron chi connectivity index (χ1n) is 32.6. The van der Waals surface area contributed by atoms with Crippen LogP contribution in [-0.4, -0.2) is 21.2 Å². The second-order valence-electron chi connectivity index (χ2n) is 24.8. The number of anilines is 6. The van der Waals surface area contributed by atoms with Crippen LogP contribution in [0.5, 0.6) is 0 Å². The highest BCUT2D eigenvalue weighted by atomic mass is 15.2. The van der Waals surface area contributed by atoms with E-state index in [2.05, 4.69) is 318 Å². The molecule has 4 heterocycles. The van der Waals surface area contributed by atoms with Crippen LogP contribution in [-0.2, 0) is 0 Å². The summed E-state index contributed by atoms with van der Waals surface area (Å²) in [5.74, 6) is 0.573. The van der Waals surface area contributed by atoms with E-state index in [1.807, 2.05) is 48.5 Å². The van der Waals surface area contributed by atoms with Gasteiger partial charge in [0.05, 0.1) is 33.7 Å². The fraction of sp³-hybridized carbons (Fsp3) is 0. The van der Waals surface area contributed by atoms with Gasteiger partial charge in [-0.05, 0) is 163 Å². The summed E-state index contributed by atoms with van der Waals surface area (Å²) in [5, 5.41) is 13.2. The van der Waals surface area contributed by atoms with Crippen molar-refractivity contribution in [3.8, 4) is 101 Å². The second-order valence-corrected chi connectivity index (χ2v) is 24.8. The van der Waals surface area contributed by atoms with Gasteiger partial charge < -0.3 is 14.4 Å². The molecule has 6 nitrogen and oxygen atoms in total. The fourth-order valence-corrected chi connectivity index (χ4v) is 14.7. The number of benzene rings is 14. The Balaban J connectivity index is 0.867. The molecule has 0 fully saturated rings. The lowest BCUT2D eigenvalue weighted by atomic mass is 9.33. The largest absolute Gasteiger partial charge is 0.311 e. The molecule has 7 heteroatoms. The predicted octanol–water partition coefficient (Wildman–Crippen LogP) is 20.9. The molecule has 18 rings (SSSR count). The minimum absolute atomic E-state index is 0.164. The average Bonchev–Trinajstić information content (AvgIpc) is 0.852. The van der Waals surface area contributed by atoms with Gasteiger partial charge in [0.15, 0.2) is 5.82 Å². The first-order chi connectivity index (χ1) is 47.5. The predicted molar refractivity (Wildman–Crippen MR) is 399 cm³/mol. The van der Waals surface area contributed by atoms with E-state index in [0.29, 0.717) is 11.4 Å². The highest BCUT2D eigenvalue weighted by molar-refractivity contribution is 7.00. The van der Waals surface area contributed by atoms with E-state index in [0.717, 1.165) is 112 Å². The van der Waals surface area contributed by atoms with Crippen molar-refractivity contribution in [2.24, 2.45) is 0 Å². The van der Waals surface area contributed by atoms with Crippen LogP contribution in [0.25, 0.3) is 117 Å². The summed E-state index contributed by atoms with van der Waals surface area (Å²) in [4.78, 5) is 15.5. The van der Waals surface area contributed by atoms with Gasteiger partial charge in [0.1, 0.15) is 6.07 Å². The van der Waals surface area contributed by atoms with Crippen LogP contribution in [0.4, 0.5) is 34.1 Å². The number of nitriles is 1. The third-order valence-electron chi connectivity index (χ3n) is 19.2.